The van der Waals surface area contributed by atoms with E-state index in [0.717, 1.165) is 25.9 Å². The number of halogens is 1. The van der Waals surface area contributed by atoms with E-state index in [-0.39, 0.29) is 11.6 Å². The molecule has 0 bridgehead atoms. The van der Waals surface area contributed by atoms with Gasteiger partial charge in [-0.15, -0.1) is 0 Å². The number of hydrogen-bond donors (Lipinski definition) is 0. The summed E-state index contributed by atoms with van der Waals surface area (Å²) in [4.78, 5) is 13.9. The highest BCUT2D eigenvalue weighted by molar-refractivity contribution is 5.99. The summed E-state index contributed by atoms with van der Waals surface area (Å²) in [5, 5.41) is 0. The average Bonchev–Trinajstić information content (AvgIpc) is 2.38. The van der Waals surface area contributed by atoms with Gasteiger partial charge in [-0.3, -0.25) is 4.79 Å². The molecule has 2 nitrogen and oxygen atoms in total. The highest BCUT2D eigenvalue weighted by atomic mass is 19.1. The predicted octanol–water partition coefficient (Wildman–Crippen LogP) is 4.93. The van der Waals surface area contributed by atoms with E-state index in [1.165, 1.54) is 13.0 Å². The molecule has 1 aromatic rings. The van der Waals surface area contributed by atoms with Crippen molar-refractivity contribution in [3.05, 3.63) is 29.6 Å². The van der Waals surface area contributed by atoms with Crippen molar-refractivity contribution in [2.24, 2.45) is 11.8 Å². The van der Waals surface area contributed by atoms with E-state index in [9.17, 15) is 9.18 Å². The van der Waals surface area contributed by atoms with Gasteiger partial charge in [0.25, 0.3) is 0 Å². The number of carbonyl (C=O) groups is 1. The molecule has 0 aliphatic rings. The van der Waals surface area contributed by atoms with Crippen LogP contribution in [0.5, 0.6) is 0 Å². The van der Waals surface area contributed by atoms with Gasteiger partial charge >= 0.3 is 0 Å². The van der Waals surface area contributed by atoms with Crippen LogP contribution in [0.1, 0.15) is 57.8 Å². The van der Waals surface area contributed by atoms with Crippen molar-refractivity contribution in [3.8, 4) is 0 Å². The number of carbonyl (C=O) groups excluding carboxylic acids is 1. The number of para-hydroxylation sites is 1. The second kappa shape index (κ2) is 8.16. The van der Waals surface area contributed by atoms with Crippen LogP contribution in [0.2, 0.25) is 0 Å². The molecule has 0 fully saturated rings. The van der Waals surface area contributed by atoms with Gasteiger partial charge in [0.1, 0.15) is 5.82 Å². The number of rotatable bonds is 8. The van der Waals surface area contributed by atoms with Gasteiger partial charge < -0.3 is 4.90 Å². The molecule has 1 aromatic carbocycles. The molecule has 21 heavy (non-hydrogen) atoms. The summed E-state index contributed by atoms with van der Waals surface area (Å²) in [6, 6.07) is 4.77. The third kappa shape index (κ3) is 5.49. The third-order valence-electron chi connectivity index (χ3n) is 3.64. The van der Waals surface area contributed by atoms with Crippen LogP contribution in [0.15, 0.2) is 18.2 Å². The highest BCUT2D eigenvalue weighted by Crippen LogP contribution is 2.26. The third-order valence-corrected chi connectivity index (χ3v) is 3.64. The molecule has 0 aliphatic carbocycles. The summed E-state index contributed by atoms with van der Waals surface area (Å²) >= 11 is 0. The maximum absolute atomic E-state index is 14.3. The van der Waals surface area contributed by atoms with E-state index in [0.29, 0.717) is 23.1 Å². The Labute approximate surface area is 128 Å². The Morgan fingerprint density at radius 3 is 2.05 bits per heavy atom. The summed E-state index contributed by atoms with van der Waals surface area (Å²) in [5.41, 5.74) is 0.966. The van der Waals surface area contributed by atoms with Gasteiger partial charge in [0.05, 0.1) is 5.69 Å². The fourth-order valence-electron chi connectivity index (χ4n) is 2.28. The van der Waals surface area contributed by atoms with E-state index < -0.39 is 0 Å². The van der Waals surface area contributed by atoms with Crippen LogP contribution in [0, 0.1) is 17.7 Å². The zero-order chi connectivity index (χ0) is 16.0. The molecule has 0 radical (unpaired) electrons. The molecule has 0 saturated heterocycles. The molecule has 0 aliphatic heterocycles. The molecular formula is C18H28FNO. The van der Waals surface area contributed by atoms with Crippen LogP contribution in [0.25, 0.3) is 0 Å². The Morgan fingerprint density at radius 2 is 1.62 bits per heavy atom. The van der Waals surface area contributed by atoms with Gasteiger partial charge in [-0.05, 0) is 43.7 Å². The second-order valence-corrected chi connectivity index (χ2v) is 6.54. The molecule has 118 valence electrons. The Kier molecular flexibility index (Phi) is 6.86. The Hall–Kier alpha value is -1.38. The number of benzene rings is 1. The topological polar surface area (TPSA) is 20.3 Å². The molecule has 0 spiro atoms. The maximum Gasteiger partial charge on any atom is 0.161 e. The van der Waals surface area contributed by atoms with Crippen molar-refractivity contribution in [3.63, 3.8) is 0 Å². The second-order valence-electron chi connectivity index (χ2n) is 6.54. The molecule has 3 heteroatoms. The number of Topliss-reactive ketones (excluding diaryl/α,β-unsaturated/α-hetero) is 1. The van der Waals surface area contributed by atoms with Crippen LogP contribution in [-0.2, 0) is 0 Å². The first-order valence-corrected chi connectivity index (χ1v) is 7.87. The fourth-order valence-corrected chi connectivity index (χ4v) is 2.28. The lowest BCUT2D eigenvalue weighted by atomic mass is 10.0. The van der Waals surface area contributed by atoms with E-state index in [4.69, 9.17) is 0 Å². The minimum absolute atomic E-state index is 0.0800. The standard InChI is InChI=1S/C18H28FNO/c1-13(2)9-11-20(12-10-14(3)4)18-16(15(5)21)7-6-8-17(18)19/h6-8,13-14H,9-12H2,1-5H3. The predicted molar refractivity (Wildman–Crippen MR) is 87.5 cm³/mol. The SMILES string of the molecule is CC(=O)c1cccc(F)c1N(CCC(C)C)CCC(C)C. The van der Waals surface area contributed by atoms with Crippen LogP contribution >= 0.6 is 0 Å². The summed E-state index contributed by atoms with van der Waals surface area (Å²) in [6.45, 7) is 11.7. The van der Waals surface area contributed by atoms with Crippen LogP contribution < -0.4 is 4.90 Å². The number of hydrogen-bond acceptors (Lipinski definition) is 2. The lowest BCUT2D eigenvalue weighted by molar-refractivity contribution is 0.101. The lowest BCUT2D eigenvalue weighted by Gasteiger charge is -2.28. The fraction of sp³-hybridized carbons (Fsp3) is 0.611. The van der Waals surface area contributed by atoms with Crippen molar-refractivity contribution >= 4 is 11.5 Å². The Morgan fingerprint density at radius 1 is 1.10 bits per heavy atom. The molecule has 0 atom stereocenters. The minimum Gasteiger partial charge on any atom is -0.369 e. The van der Waals surface area contributed by atoms with Gasteiger partial charge in [-0.1, -0.05) is 33.8 Å². The average molecular weight is 293 g/mol. The summed E-state index contributed by atoms with van der Waals surface area (Å²) in [5.74, 6) is 0.733. The molecular weight excluding hydrogens is 265 g/mol. The number of ketones is 1. The monoisotopic (exact) mass is 293 g/mol. The molecule has 0 amide bonds. The molecule has 0 unspecified atom stereocenters. The zero-order valence-electron chi connectivity index (χ0n) is 13.9. The quantitative estimate of drug-likeness (QED) is 0.634. The zero-order valence-corrected chi connectivity index (χ0v) is 13.9. The Bertz CT molecular complexity index is 456. The van der Waals surface area contributed by atoms with Crippen LogP contribution in [0.3, 0.4) is 0 Å². The van der Waals surface area contributed by atoms with Gasteiger partial charge in [0.15, 0.2) is 5.78 Å². The summed E-state index contributed by atoms with van der Waals surface area (Å²) in [6.07, 6.45) is 1.98. The molecule has 1 rings (SSSR count). The van der Waals surface area contributed by atoms with Gasteiger partial charge in [0, 0.05) is 18.7 Å². The summed E-state index contributed by atoms with van der Waals surface area (Å²) < 4.78 is 14.3. The van der Waals surface area contributed by atoms with Crippen LogP contribution in [-0.4, -0.2) is 18.9 Å². The largest absolute Gasteiger partial charge is 0.369 e. The Balaban J connectivity index is 3.08. The van der Waals surface area contributed by atoms with Gasteiger partial charge in [-0.25, -0.2) is 4.39 Å². The van der Waals surface area contributed by atoms with Crippen LogP contribution in [0.4, 0.5) is 10.1 Å². The highest BCUT2D eigenvalue weighted by Gasteiger charge is 2.19. The molecule has 0 heterocycles. The first-order valence-electron chi connectivity index (χ1n) is 7.87. The van der Waals surface area contributed by atoms with Crippen molar-refractivity contribution in [2.45, 2.75) is 47.5 Å². The first kappa shape index (κ1) is 17.7. The lowest BCUT2D eigenvalue weighted by Crippen LogP contribution is -2.30. The van der Waals surface area contributed by atoms with Crippen molar-refractivity contribution in [2.75, 3.05) is 18.0 Å². The first-order chi connectivity index (χ1) is 9.82. The minimum atomic E-state index is -0.296. The van der Waals surface area contributed by atoms with E-state index in [1.54, 1.807) is 12.1 Å². The maximum atomic E-state index is 14.3. The van der Waals surface area contributed by atoms with Crippen molar-refractivity contribution in [1.82, 2.24) is 0 Å². The van der Waals surface area contributed by atoms with Crippen molar-refractivity contribution < 1.29 is 9.18 Å². The molecule has 0 N–H and O–H groups in total. The van der Waals surface area contributed by atoms with E-state index >= 15 is 0 Å². The van der Waals surface area contributed by atoms with Gasteiger partial charge in [-0.2, -0.15) is 0 Å². The number of anilines is 1. The smallest absolute Gasteiger partial charge is 0.161 e. The van der Waals surface area contributed by atoms with Gasteiger partial charge in [0.2, 0.25) is 0 Å². The van der Waals surface area contributed by atoms with Crippen molar-refractivity contribution in [1.29, 1.82) is 0 Å². The van der Waals surface area contributed by atoms with E-state index in [2.05, 4.69) is 27.7 Å². The molecule has 0 saturated carbocycles. The molecule has 0 aromatic heterocycles. The number of nitrogens with zero attached hydrogens (tertiary/aromatic N) is 1. The summed E-state index contributed by atoms with van der Waals surface area (Å²) in [7, 11) is 0. The van der Waals surface area contributed by atoms with E-state index in [1.807, 2.05) is 4.90 Å². The normalized spacial score (nSPS) is 11.2.